The van der Waals surface area contributed by atoms with Crippen LogP contribution in [0.15, 0.2) is 47.4 Å². The summed E-state index contributed by atoms with van der Waals surface area (Å²) in [6, 6.07) is 12.2. The topological polar surface area (TPSA) is 26.0 Å². The van der Waals surface area contributed by atoms with Gasteiger partial charge in [-0.05, 0) is 30.3 Å². The molecular weight excluding hydrogens is 257 g/mol. The van der Waals surface area contributed by atoms with E-state index in [9.17, 15) is 4.39 Å². The summed E-state index contributed by atoms with van der Waals surface area (Å²) in [6.07, 6.45) is 0. The van der Waals surface area contributed by atoms with Gasteiger partial charge in [0.05, 0.1) is 0 Å². The lowest BCUT2D eigenvalue weighted by atomic mass is 10.2. The first-order valence-electron chi connectivity index (χ1n) is 5.08. The summed E-state index contributed by atoms with van der Waals surface area (Å²) in [5.41, 5.74) is 6.76. The van der Waals surface area contributed by atoms with Gasteiger partial charge in [0.2, 0.25) is 0 Å². The van der Waals surface area contributed by atoms with Gasteiger partial charge in [-0.25, -0.2) is 4.39 Å². The van der Waals surface area contributed by atoms with E-state index in [4.69, 9.17) is 17.3 Å². The fourth-order valence-electron chi connectivity index (χ4n) is 1.44. The third-order valence-electron chi connectivity index (χ3n) is 2.33. The number of thioether (sulfide) groups is 1. The van der Waals surface area contributed by atoms with Crippen molar-refractivity contribution >= 4 is 29.1 Å². The predicted molar refractivity (Wildman–Crippen MR) is 71.8 cm³/mol. The minimum Gasteiger partial charge on any atom is -0.398 e. The third-order valence-corrected chi connectivity index (χ3v) is 3.59. The number of rotatable bonds is 3. The number of anilines is 1. The van der Waals surface area contributed by atoms with Crippen LogP contribution in [-0.2, 0) is 5.75 Å². The highest BCUT2D eigenvalue weighted by atomic mass is 35.5. The van der Waals surface area contributed by atoms with Crippen LogP contribution in [0.4, 0.5) is 10.1 Å². The van der Waals surface area contributed by atoms with Crippen LogP contribution in [0.25, 0.3) is 0 Å². The Bertz CT molecular complexity index is 510. The minimum atomic E-state index is -0.264. The van der Waals surface area contributed by atoms with E-state index in [0.29, 0.717) is 22.0 Å². The molecule has 0 aromatic heterocycles. The highest BCUT2D eigenvalue weighted by Gasteiger charge is 2.06. The van der Waals surface area contributed by atoms with E-state index in [2.05, 4.69) is 0 Å². The molecule has 2 N–H and O–H groups in total. The molecule has 1 nitrogen and oxygen atoms in total. The van der Waals surface area contributed by atoms with Crippen molar-refractivity contribution in [2.24, 2.45) is 0 Å². The van der Waals surface area contributed by atoms with Gasteiger partial charge in [-0.3, -0.25) is 0 Å². The molecule has 0 saturated carbocycles. The van der Waals surface area contributed by atoms with Gasteiger partial charge in [-0.15, -0.1) is 11.8 Å². The first-order chi connectivity index (χ1) is 8.16. The molecule has 0 aliphatic heterocycles. The molecule has 0 unspecified atom stereocenters. The Labute approximate surface area is 109 Å². The number of nitrogen functional groups attached to an aromatic ring is 1. The Morgan fingerprint density at radius 2 is 1.94 bits per heavy atom. The maximum atomic E-state index is 13.5. The average Bonchev–Trinajstić information content (AvgIpc) is 2.28. The van der Waals surface area contributed by atoms with Gasteiger partial charge in [0.25, 0.3) is 0 Å². The Balaban J connectivity index is 2.13. The quantitative estimate of drug-likeness (QED) is 0.661. The molecule has 0 spiro atoms. The van der Waals surface area contributed by atoms with Crippen molar-refractivity contribution in [1.82, 2.24) is 0 Å². The van der Waals surface area contributed by atoms with Gasteiger partial charge in [0, 0.05) is 26.9 Å². The zero-order valence-corrected chi connectivity index (χ0v) is 10.6. The van der Waals surface area contributed by atoms with Crippen LogP contribution in [0, 0.1) is 5.82 Å². The molecule has 0 bridgehead atoms. The van der Waals surface area contributed by atoms with Crippen LogP contribution < -0.4 is 5.73 Å². The van der Waals surface area contributed by atoms with E-state index >= 15 is 0 Å². The smallest absolute Gasteiger partial charge is 0.129 e. The van der Waals surface area contributed by atoms with Crippen molar-refractivity contribution in [3.05, 3.63) is 58.9 Å². The van der Waals surface area contributed by atoms with Crippen molar-refractivity contribution in [3.63, 3.8) is 0 Å². The lowest BCUT2D eigenvalue weighted by molar-refractivity contribution is 0.618. The van der Waals surface area contributed by atoms with Gasteiger partial charge in [-0.2, -0.15) is 0 Å². The van der Waals surface area contributed by atoms with Gasteiger partial charge >= 0.3 is 0 Å². The number of benzene rings is 2. The molecule has 0 aliphatic rings. The maximum Gasteiger partial charge on any atom is 0.129 e. The normalized spacial score (nSPS) is 10.5. The van der Waals surface area contributed by atoms with E-state index in [1.807, 2.05) is 24.3 Å². The summed E-state index contributed by atoms with van der Waals surface area (Å²) in [4.78, 5) is 1.00. The van der Waals surface area contributed by atoms with Crippen LogP contribution in [0.5, 0.6) is 0 Å². The number of halogens is 2. The number of nitrogens with two attached hydrogens (primary N) is 1. The molecule has 17 heavy (non-hydrogen) atoms. The largest absolute Gasteiger partial charge is 0.398 e. The van der Waals surface area contributed by atoms with E-state index in [0.717, 1.165) is 4.90 Å². The van der Waals surface area contributed by atoms with Crippen LogP contribution in [-0.4, -0.2) is 0 Å². The van der Waals surface area contributed by atoms with Crippen LogP contribution in [0.3, 0.4) is 0 Å². The molecule has 0 fully saturated rings. The number of hydrogen-bond acceptors (Lipinski definition) is 2. The van der Waals surface area contributed by atoms with E-state index in [1.165, 1.54) is 17.8 Å². The molecular formula is C13H11ClFNS. The van der Waals surface area contributed by atoms with E-state index in [1.54, 1.807) is 12.1 Å². The highest BCUT2D eigenvalue weighted by molar-refractivity contribution is 7.98. The monoisotopic (exact) mass is 267 g/mol. The van der Waals surface area contributed by atoms with Crippen molar-refractivity contribution in [3.8, 4) is 0 Å². The zero-order chi connectivity index (χ0) is 12.3. The van der Waals surface area contributed by atoms with Gasteiger partial charge < -0.3 is 5.73 Å². The molecule has 0 atom stereocenters. The second-order valence-corrected chi connectivity index (χ2v) is 5.04. The Kier molecular flexibility index (Phi) is 3.92. The Hall–Kier alpha value is -1.19. The van der Waals surface area contributed by atoms with Crippen molar-refractivity contribution < 1.29 is 4.39 Å². The van der Waals surface area contributed by atoms with Gasteiger partial charge in [-0.1, -0.05) is 23.7 Å². The summed E-state index contributed by atoms with van der Waals surface area (Å²) in [7, 11) is 0. The van der Waals surface area contributed by atoms with Crippen LogP contribution in [0.2, 0.25) is 5.02 Å². The summed E-state index contributed by atoms with van der Waals surface area (Å²) in [5.74, 6) is 0.235. The minimum absolute atomic E-state index is 0.264. The molecule has 0 heterocycles. The van der Waals surface area contributed by atoms with Crippen LogP contribution in [0.1, 0.15) is 5.56 Å². The van der Waals surface area contributed by atoms with Crippen molar-refractivity contribution in [1.29, 1.82) is 0 Å². The SMILES string of the molecule is Nc1cccc(F)c1CSc1cccc(Cl)c1. The molecule has 4 heteroatoms. The van der Waals surface area contributed by atoms with E-state index < -0.39 is 0 Å². The van der Waals surface area contributed by atoms with Crippen molar-refractivity contribution in [2.45, 2.75) is 10.6 Å². The van der Waals surface area contributed by atoms with Gasteiger partial charge in [0.1, 0.15) is 5.82 Å². The predicted octanol–water partition coefficient (Wildman–Crippen LogP) is 4.35. The van der Waals surface area contributed by atoms with E-state index in [-0.39, 0.29) is 5.82 Å². The maximum absolute atomic E-state index is 13.5. The first-order valence-corrected chi connectivity index (χ1v) is 6.44. The number of hydrogen-bond donors (Lipinski definition) is 1. The Morgan fingerprint density at radius 3 is 2.65 bits per heavy atom. The summed E-state index contributed by atoms with van der Waals surface area (Å²) >= 11 is 7.39. The molecule has 0 aliphatic carbocycles. The first kappa shape index (κ1) is 12.3. The lowest BCUT2D eigenvalue weighted by Crippen LogP contribution is -1.96. The molecule has 0 radical (unpaired) electrons. The zero-order valence-electron chi connectivity index (χ0n) is 8.99. The second kappa shape index (κ2) is 5.43. The third kappa shape index (κ3) is 3.14. The lowest BCUT2D eigenvalue weighted by Gasteiger charge is -2.06. The second-order valence-electron chi connectivity index (χ2n) is 3.55. The molecule has 2 rings (SSSR count). The fourth-order valence-corrected chi connectivity index (χ4v) is 2.70. The molecule has 2 aromatic carbocycles. The average molecular weight is 268 g/mol. The Morgan fingerprint density at radius 1 is 1.18 bits per heavy atom. The summed E-state index contributed by atoms with van der Waals surface area (Å²) in [6.45, 7) is 0. The summed E-state index contributed by atoms with van der Waals surface area (Å²) in [5, 5.41) is 0.677. The van der Waals surface area contributed by atoms with Crippen molar-refractivity contribution in [2.75, 3.05) is 5.73 Å². The highest BCUT2D eigenvalue weighted by Crippen LogP contribution is 2.28. The fraction of sp³-hybridized carbons (Fsp3) is 0.0769. The standard InChI is InChI=1S/C13H11ClFNS/c14-9-3-1-4-10(7-9)17-8-11-12(15)5-2-6-13(11)16/h1-7H,8,16H2. The van der Waals surface area contributed by atoms with Gasteiger partial charge in [0.15, 0.2) is 0 Å². The molecule has 2 aromatic rings. The molecule has 88 valence electrons. The van der Waals surface area contributed by atoms with Crippen LogP contribution >= 0.6 is 23.4 Å². The molecule has 0 amide bonds. The molecule has 0 saturated heterocycles. The summed E-state index contributed by atoms with van der Waals surface area (Å²) < 4.78 is 13.5.